The van der Waals surface area contributed by atoms with E-state index in [0.717, 1.165) is 27.8 Å². The summed E-state index contributed by atoms with van der Waals surface area (Å²) in [5.41, 5.74) is 7.59. The van der Waals surface area contributed by atoms with E-state index < -0.39 is 0 Å². The van der Waals surface area contributed by atoms with E-state index in [9.17, 15) is 5.11 Å². The normalized spacial score (nSPS) is 11.9. The van der Waals surface area contributed by atoms with Gasteiger partial charge < -0.3 is 5.11 Å². The Morgan fingerprint density at radius 1 is 0.750 bits per heavy atom. The number of aromatic hydroxyl groups is 1. The molecule has 0 aliphatic rings. The van der Waals surface area contributed by atoms with Crippen molar-refractivity contribution in [2.75, 3.05) is 0 Å². The second-order valence-corrected chi connectivity index (χ2v) is 6.39. The van der Waals surface area contributed by atoms with Gasteiger partial charge in [-0.3, -0.25) is 0 Å². The Kier molecular flexibility index (Phi) is 2.47. The van der Waals surface area contributed by atoms with E-state index in [1.807, 2.05) is 36.8 Å². The summed E-state index contributed by atoms with van der Waals surface area (Å²) in [6.07, 6.45) is 0. The van der Waals surface area contributed by atoms with Crippen molar-refractivity contribution in [2.24, 2.45) is 0 Å². The van der Waals surface area contributed by atoms with Gasteiger partial charge >= 0.3 is 0 Å². The molecule has 118 valence electrons. The van der Waals surface area contributed by atoms with Crippen LogP contribution >= 0.6 is 0 Å². The standard InChI is InChI=1S/C20H17N3O/c1-13-10-14(2)20(24)19(11-13)23-21-17-9-8-16(12-18(17)22(21)23)15-6-4-3-5-7-15/h3-12,24H,1-2H3. The molecular weight excluding hydrogens is 298 g/mol. The minimum atomic E-state index is 0.337. The summed E-state index contributed by atoms with van der Waals surface area (Å²) in [7, 11) is 0. The zero-order valence-corrected chi connectivity index (χ0v) is 13.6. The predicted molar refractivity (Wildman–Crippen MR) is 95.4 cm³/mol. The van der Waals surface area contributed by atoms with E-state index in [1.165, 1.54) is 11.1 Å². The topological polar surface area (TPSA) is 34.0 Å². The number of hydrogen-bond donors (Lipinski definition) is 1. The van der Waals surface area contributed by atoms with E-state index in [-0.39, 0.29) is 0 Å². The zero-order chi connectivity index (χ0) is 16.4. The molecule has 2 heterocycles. The molecule has 24 heavy (non-hydrogen) atoms. The third-order valence-electron chi connectivity index (χ3n) is 4.66. The van der Waals surface area contributed by atoms with Gasteiger partial charge in [-0.2, -0.15) is 0 Å². The number of nitrogens with zero attached hydrogens (tertiary/aromatic N) is 3. The number of benzene rings is 3. The number of hydrogen-bond acceptors (Lipinski definition) is 1. The van der Waals surface area contributed by atoms with Gasteiger partial charge in [0.05, 0.1) is 0 Å². The molecule has 0 atom stereocenters. The highest BCUT2D eigenvalue weighted by Gasteiger charge is 2.26. The monoisotopic (exact) mass is 315 g/mol. The Labute approximate surface area is 139 Å². The van der Waals surface area contributed by atoms with Gasteiger partial charge in [-0.15, -0.1) is 14.1 Å². The third-order valence-corrected chi connectivity index (χ3v) is 4.66. The number of phenolic OH excluding ortho intramolecular Hbond substituents is 1. The van der Waals surface area contributed by atoms with Crippen molar-refractivity contribution in [3.63, 3.8) is 0 Å². The smallest absolute Gasteiger partial charge is 0.146 e. The van der Waals surface area contributed by atoms with E-state index >= 15 is 0 Å². The van der Waals surface area contributed by atoms with Gasteiger partial charge in [-0.25, -0.2) is 0 Å². The van der Waals surface area contributed by atoms with Crippen LogP contribution in [0.5, 0.6) is 5.75 Å². The highest BCUT2D eigenvalue weighted by Crippen LogP contribution is 2.34. The van der Waals surface area contributed by atoms with E-state index in [0.29, 0.717) is 5.75 Å². The molecule has 0 aliphatic carbocycles. The number of aromatic nitrogens is 3. The lowest BCUT2D eigenvalue weighted by atomic mass is 10.1. The molecule has 0 unspecified atom stereocenters. The fraction of sp³-hybridized carbons (Fsp3) is 0.100. The van der Waals surface area contributed by atoms with Crippen molar-refractivity contribution in [3.8, 4) is 22.6 Å². The molecule has 0 radical (unpaired) electrons. The summed E-state index contributed by atoms with van der Waals surface area (Å²) >= 11 is 0. The molecule has 0 spiro atoms. The first-order chi connectivity index (χ1) is 11.6. The van der Waals surface area contributed by atoms with Crippen LogP contribution in [0.15, 0.2) is 60.7 Å². The Balaban J connectivity index is 1.67. The van der Waals surface area contributed by atoms with Crippen LogP contribution in [0, 0.1) is 13.8 Å². The summed E-state index contributed by atoms with van der Waals surface area (Å²) in [6, 6.07) is 20.9. The molecule has 4 nitrogen and oxygen atoms in total. The third kappa shape index (κ3) is 1.68. The fourth-order valence-electron chi connectivity index (χ4n) is 3.45. The lowest BCUT2D eigenvalue weighted by Gasteiger charge is -2.04. The molecule has 3 aromatic carbocycles. The van der Waals surface area contributed by atoms with E-state index in [2.05, 4.69) is 51.7 Å². The molecule has 0 amide bonds. The van der Waals surface area contributed by atoms with Gasteiger partial charge in [0.15, 0.2) is 0 Å². The molecule has 0 aliphatic heterocycles. The maximum atomic E-state index is 10.4. The summed E-state index contributed by atoms with van der Waals surface area (Å²) in [5.74, 6) is 0.337. The van der Waals surface area contributed by atoms with Crippen molar-refractivity contribution in [1.82, 2.24) is 14.1 Å². The van der Waals surface area contributed by atoms with E-state index in [1.54, 1.807) is 0 Å². The first-order valence-corrected chi connectivity index (χ1v) is 8.05. The average Bonchev–Trinajstić information content (AvgIpc) is 3.25. The molecule has 2 aromatic heterocycles. The SMILES string of the molecule is Cc1cc(C)c(O)c(-n2n3c4ccc(-c5ccccc5)cc4n23)c1. The van der Waals surface area contributed by atoms with Gasteiger partial charge in [0.25, 0.3) is 0 Å². The summed E-state index contributed by atoms with van der Waals surface area (Å²) in [4.78, 5) is 2.01. The average molecular weight is 315 g/mol. The van der Waals surface area contributed by atoms with Crippen molar-refractivity contribution in [3.05, 3.63) is 71.8 Å². The summed E-state index contributed by atoms with van der Waals surface area (Å²) < 4.78 is 4.15. The molecule has 0 bridgehead atoms. The highest BCUT2D eigenvalue weighted by atomic mass is 16.3. The van der Waals surface area contributed by atoms with Crippen LogP contribution in [0.2, 0.25) is 0 Å². The van der Waals surface area contributed by atoms with Crippen LogP contribution in [0.3, 0.4) is 0 Å². The van der Waals surface area contributed by atoms with Crippen LogP contribution < -0.4 is 0 Å². The number of phenols is 1. The molecule has 0 saturated carbocycles. The Morgan fingerprint density at radius 3 is 2.29 bits per heavy atom. The molecule has 4 heteroatoms. The van der Waals surface area contributed by atoms with Crippen LogP contribution in [-0.4, -0.2) is 19.2 Å². The molecule has 0 fully saturated rings. The van der Waals surface area contributed by atoms with E-state index in [4.69, 9.17) is 0 Å². The van der Waals surface area contributed by atoms with Gasteiger partial charge in [0.2, 0.25) is 0 Å². The Hall–Kier alpha value is -3.14. The molecule has 5 rings (SSSR count). The van der Waals surface area contributed by atoms with Crippen molar-refractivity contribution in [1.29, 1.82) is 0 Å². The summed E-state index contributed by atoms with van der Waals surface area (Å²) in [6.45, 7) is 3.98. The maximum absolute atomic E-state index is 10.4. The second-order valence-electron chi connectivity index (χ2n) is 6.39. The van der Waals surface area contributed by atoms with Crippen molar-refractivity contribution in [2.45, 2.75) is 13.8 Å². The van der Waals surface area contributed by atoms with Crippen LogP contribution in [0.25, 0.3) is 27.8 Å². The van der Waals surface area contributed by atoms with Crippen molar-refractivity contribution >= 4 is 11.0 Å². The highest BCUT2D eigenvalue weighted by molar-refractivity contribution is 5.85. The van der Waals surface area contributed by atoms with Gasteiger partial charge in [-0.05, 0) is 54.3 Å². The number of rotatable bonds is 2. The lowest BCUT2D eigenvalue weighted by molar-refractivity contribution is 0.467. The fourth-order valence-corrected chi connectivity index (χ4v) is 3.45. The summed E-state index contributed by atoms with van der Waals surface area (Å²) in [5, 5.41) is 10.4. The minimum Gasteiger partial charge on any atom is -0.505 e. The van der Waals surface area contributed by atoms with Crippen LogP contribution in [-0.2, 0) is 0 Å². The minimum absolute atomic E-state index is 0.337. The number of aryl methyl sites for hydroxylation is 2. The van der Waals surface area contributed by atoms with Gasteiger partial charge in [0, 0.05) is 0 Å². The predicted octanol–water partition coefficient (Wildman–Crippen LogP) is 4.41. The first-order valence-electron chi connectivity index (χ1n) is 8.05. The zero-order valence-electron chi connectivity index (χ0n) is 13.6. The molecular formula is C20H17N3O. The largest absolute Gasteiger partial charge is 0.505 e. The molecule has 5 aromatic rings. The quantitative estimate of drug-likeness (QED) is 0.514. The van der Waals surface area contributed by atoms with Crippen LogP contribution in [0.1, 0.15) is 11.1 Å². The van der Waals surface area contributed by atoms with Gasteiger partial charge in [0.1, 0.15) is 22.5 Å². The molecule has 1 N–H and O–H groups in total. The number of fused-ring (bicyclic) bond motifs is 4. The first kappa shape index (κ1) is 13.3. The maximum Gasteiger partial charge on any atom is 0.146 e. The molecule has 0 saturated heterocycles. The second kappa shape index (κ2) is 4.45. The Bertz CT molecular complexity index is 1170. The Morgan fingerprint density at radius 2 is 1.50 bits per heavy atom. The van der Waals surface area contributed by atoms with Crippen molar-refractivity contribution < 1.29 is 5.11 Å². The van der Waals surface area contributed by atoms with Gasteiger partial charge in [-0.1, -0.05) is 42.5 Å². The van der Waals surface area contributed by atoms with Crippen LogP contribution in [0.4, 0.5) is 0 Å². The lowest BCUT2D eigenvalue weighted by Crippen LogP contribution is -1.90.